The van der Waals surface area contributed by atoms with Gasteiger partial charge in [0, 0.05) is 0 Å². The summed E-state index contributed by atoms with van der Waals surface area (Å²) in [5, 5.41) is 11.4. The van der Waals surface area contributed by atoms with E-state index in [4.69, 9.17) is 18.9 Å². The number of ether oxygens (including phenoxy) is 2. The van der Waals surface area contributed by atoms with E-state index < -0.39 is 23.5 Å². The van der Waals surface area contributed by atoms with Gasteiger partial charge in [-0.25, -0.2) is 4.98 Å². The highest BCUT2D eigenvalue weighted by Crippen LogP contribution is 2.46. The van der Waals surface area contributed by atoms with Crippen LogP contribution in [0.4, 0.5) is 5.13 Å². The lowest BCUT2D eigenvalue weighted by Gasteiger charge is -2.25. The van der Waals surface area contributed by atoms with Crippen LogP contribution in [0.3, 0.4) is 0 Å². The number of benzene rings is 2. The lowest BCUT2D eigenvalue weighted by molar-refractivity contribution is -0.117. The molecule has 9 heteroatoms. The fraction of sp³-hybridized carbons (Fsp3) is 0.300. The Labute approximate surface area is 230 Å². The Morgan fingerprint density at radius 2 is 1.97 bits per heavy atom. The molecule has 0 saturated heterocycles. The maximum Gasteiger partial charge on any atom is 0.296 e. The Kier molecular flexibility index (Phi) is 7.43. The van der Waals surface area contributed by atoms with Crippen LogP contribution in [0.25, 0.3) is 10.2 Å². The molecule has 0 fully saturated rings. The molecular weight excluding hydrogens is 516 g/mol. The second kappa shape index (κ2) is 10.9. The summed E-state index contributed by atoms with van der Waals surface area (Å²) in [6.07, 6.45) is 4.43. The van der Waals surface area contributed by atoms with E-state index in [1.807, 2.05) is 26.0 Å². The molecule has 1 aliphatic heterocycles. The van der Waals surface area contributed by atoms with Crippen LogP contribution in [0, 0.1) is 13.8 Å². The van der Waals surface area contributed by atoms with Crippen molar-refractivity contribution in [2.24, 2.45) is 0 Å². The molecule has 39 heavy (non-hydrogen) atoms. The Morgan fingerprint density at radius 1 is 1.15 bits per heavy atom. The van der Waals surface area contributed by atoms with Crippen molar-refractivity contribution in [1.29, 1.82) is 0 Å². The first-order valence-electron chi connectivity index (χ1n) is 12.9. The first-order chi connectivity index (χ1) is 18.8. The van der Waals surface area contributed by atoms with E-state index in [1.54, 1.807) is 24.3 Å². The highest BCUT2D eigenvalue weighted by atomic mass is 32.1. The van der Waals surface area contributed by atoms with E-state index in [-0.39, 0.29) is 11.3 Å². The zero-order chi connectivity index (χ0) is 27.7. The summed E-state index contributed by atoms with van der Waals surface area (Å²) in [5.41, 5.74) is 3.30. The summed E-state index contributed by atoms with van der Waals surface area (Å²) in [6, 6.07) is 11.4. The van der Waals surface area contributed by atoms with Gasteiger partial charge in [-0.3, -0.25) is 14.5 Å². The number of fused-ring (bicyclic) bond motifs is 1. The van der Waals surface area contributed by atoms with Gasteiger partial charge in [-0.15, -0.1) is 0 Å². The molecule has 5 rings (SSSR count). The van der Waals surface area contributed by atoms with Gasteiger partial charge in [0.2, 0.25) is 5.78 Å². The number of nitrogens with zero attached hydrogens (tertiary/aromatic N) is 2. The number of hydrogen-bond donors (Lipinski definition) is 1. The average Bonchev–Trinajstić information content (AvgIpc) is 3.66. The number of hydrogen-bond acceptors (Lipinski definition) is 8. The minimum atomic E-state index is -0.958. The Hall–Kier alpha value is -4.11. The number of rotatable bonds is 10. The number of unbranched alkanes of at least 4 members (excludes halogenated alkanes) is 2. The number of Topliss-reactive ketones (excluding diaryl/α,β-unsaturated/α-hetero) is 1. The number of amides is 1. The zero-order valence-electron chi connectivity index (χ0n) is 22.3. The number of furan rings is 1. The monoisotopic (exact) mass is 546 g/mol. The van der Waals surface area contributed by atoms with Crippen LogP contribution in [0.15, 0.2) is 64.5 Å². The number of aliphatic hydroxyl groups is 1. The number of ketones is 1. The van der Waals surface area contributed by atoms with Crippen LogP contribution in [-0.2, 0) is 4.79 Å². The fourth-order valence-corrected chi connectivity index (χ4v) is 6.03. The van der Waals surface area contributed by atoms with Gasteiger partial charge in [0.25, 0.3) is 5.91 Å². The molecule has 0 saturated carbocycles. The van der Waals surface area contributed by atoms with Crippen LogP contribution in [-0.4, -0.2) is 35.5 Å². The second-order valence-electron chi connectivity index (χ2n) is 9.54. The van der Waals surface area contributed by atoms with E-state index in [0.717, 1.165) is 40.6 Å². The minimum absolute atomic E-state index is 0.0230. The molecule has 2 aromatic heterocycles. The van der Waals surface area contributed by atoms with E-state index in [9.17, 15) is 14.7 Å². The quantitative estimate of drug-likeness (QED) is 0.171. The predicted molar refractivity (Wildman–Crippen MR) is 150 cm³/mol. The Bertz CT molecular complexity index is 1570. The van der Waals surface area contributed by atoms with Crippen molar-refractivity contribution in [3.63, 3.8) is 0 Å². The van der Waals surface area contributed by atoms with Crippen molar-refractivity contribution < 1.29 is 28.6 Å². The topological polar surface area (TPSA) is 102 Å². The smallest absolute Gasteiger partial charge is 0.296 e. The predicted octanol–water partition coefficient (Wildman–Crippen LogP) is 6.87. The van der Waals surface area contributed by atoms with Gasteiger partial charge in [0.1, 0.15) is 0 Å². The third kappa shape index (κ3) is 4.90. The van der Waals surface area contributed by atoms with Gasteiger partial charge < -0.3 is 19.0 Å². The van der Waals surface area contributed by atoms with Crippen molar-refractivity contribution in [3.05, 3.63) is 82.5 Å². The summed E-state index contributed by atoms with van der Waals surface area (Å²) < 4.78 is 17.8. The van der Waals surface area contributed by atoms with Gasteiger partial charge in [-0.05, 0) is 67.3 Å². The summed E-state index contributed by atoms with van der Waals surface area (Å²) in [6.45, 7) is 6.64. The number of aliphatic hydroxyl groups excluding tert-OH is 1. The number of carbonyl (C=O) groups excluding carboxylic acids is 2. The molecule has 8 nitrogen and oxygen atoms in total. The molecule has 1 unspecified atom stereocenters. The lowest BCUT2D eigenvalue weighted by Crippen LogP contribution is -2.31. The van der Waals surface area contributed by atoms with Gasteiger partial charge in [-0.1, -0.05) is 43.2 Å². The van der Waals surface area contributed by atoms with Crippen molar-refractivity contribution in [2.75, 3.05) is 18.6 Å². The molecule has 0 bridgehead atoms. The molecule has 1 N–H and O–H groups in total. The summed E-state index contributed by atoms with van der Waals surface area (Å²) in [5.74, 6) is -0.871. The summed E-state index contributed by atoms with van der Waals surface area (Å²) >= 11 is 1.33. The maximum absolute atomic E-state index is 13.6. The second-order valence-corrected chi connectivity index (χ2v) is 10.5. The van der Waals surface area contributed by atoms with Gasteiger partial charge in [0.15, 0.2) is 28.1 Å². The largest absolute Gasteiger partial charge is 0.503 e. The van der Waals surface area contributed by atoms with Crippen molar-refractivity contribution in [2.45, 2.75) is 46.1 Å². The van der Waals surface area contributed by atoms with Gasteiger partial charge in [0.05, 0.1) is 41.8 Å². The SMILES string of the molecule is CCCCCOc1ccc(C2C(C(=O)c3ccco3)=C(O)C(=O)N2c2nc3c(C)cc(C)cc3s2)cc1OC. The fourth-order valence-electron chi connectivity index (χ4n) is 4.86. The number of thiazole rings is 1. The molecule has 3 heterocycles. The molecule has 0 spiro atoms. The van der Waals surface area contributed by atoms with Crippen LogP contribution < -0.4 is 14.4 Å². The van der Waals surface area contributed by atoms with E-state index in [0.29, 0.717) is 28.8 Å². The molecule has 1 atom stereocenters. The molecule has 202 valence electrons. The van der Waals surface area contributed by atoms with Crippen LogP contribution in [0.5, 0.6) is 11.5 Å². The summed E-state index contributed by atoms with van der Waals surface area (Å²) in [4.78, 5) is 33.3. The minimum Gasteiger partial charge on any atom is -0.503 e. The zero-order valence-corrected chi connectivity index (χ0v) is 23.1. The lowest BCUT2D eigenvalue weighted by atomic mass is 9.95. The third-order valence-corrected chi connectivity index (χ3v) is 7.73. The normalized spacial score (nSPS) is 15.4. The van der Waals surface area contributed by atoms with Crippen molar-refractivity contribution >= 4 is 38.4 Å². The van der Waals surface area contributed by atoms with E-state index >= 15 is 0 Å². The molecule has 0 aliphatic carbocycles. The van der Waals surface area contributed by atoms with Crippen LogP contribution in [0.1, 0.15) is 59.5 Å². The number of methoxy groups -OCH3 is 1. The Morgan fingerprint density at radius 3 is 2.69 bits per heavy atom. The van der Waals surface area contributed by atoms with Crippen molar-refractivity contribution in [1.82, 2.24) is 4.98 Å². The first-order valence-corrected chi connectivity index (χ1v) is 13.7. The third-order valence-electron chi connectivity index (χ3n) is 6.73. The standard InChI is InChI=1S/C30H30N2O6S/c1-5-6-7-12-37-20-11-10-19(16-22(20)36-4)26-24(27(33)21-9-8-13-38-21)28(34)29(35)32(26)30-31-25-18(3)14-17(2)15-23(25)39-30/h8-11,13-16,26,34H,5-7,12H2,1-4H3. The van der Waals surface area contributed by atoms with Gasteiger partial charge in [-0.2, -0.15) is 0 Å². The maximum atomic E-state index is 13.6. The number of carbonyl (C=O) groups is 2. The van der Waals surface area contributed by atoms with Gasteiger partial charge >= 0.3 is 0 Å². The summed E-state index contributed by atoms with van der Waals surface area (Å²) in [7, 11) is 1.54. The molecule has 1 amide bonds. The van der Waals surface area contributed by atoms with Crippen molar-refractivity contribution in [3.8, 4) is 11.5 Å². The Balaban J connectivity index is 1.62. The number of aromatic nitrogens is 1. The molecular formula is C30H30N2O6S. The number of anilines is 1. The highest BCUT2D eigenvalue weighted by molar-refractivity contribution is 7.22. The molecule has 4 aromatic rings. The van der Waals surface area contributed by atoms with Crippen LogP contribution >= 0.6 is 11.3 Å². The molecule has 1 aliphatic rings. The average molecular weight is 547 g/mol. The first kappa shape index (κ1) is 26.5. The number of aryl methyl sites for hydroxylation is 2. The van der Waals surface area contributed by atoms with E-state index in [1.165, 1.54) is 35.7 Å². The highest BCUT2D eigenvalue weighted by Gasteiger charge is 2.46. The molecule has 0 radical (unpaired) electrons. The molecule has 2 aromatic carbocycles. The van der Waals surface area contributed by atoms with E-state index in [2.05, 4.69) is 6.92 Å². The van der Waals surface area contributed by atoms with Crippen LogP contribution in [0.2, 0.25) is 0 Å².